The van der Waals surface area contributed by atoms with Crippen LogP contribution in [0.4, 0.5) is 0 Å². The minimum Gasteiger partial charge on any atom is -0.565 e. The van der Waals surface area contributed by atoms with Crippen molar-refractivity contribution in [3.05, 3.63) is 5.43 Å². The average molecular weight is 257 g/mol. The van der Waals surface area contributed by atoms with Gasteiger partial charge in [-0.1, -0.05) is 13.8 Å². The summed E-state index contributed by atoms with van der Waals surface area (Å²) < 4.78 is 0. The molecule has 1 rings (SSSR count). The van der Waals surface area contributed by atoms with Gasteiger partial charge in [-0.05, 0) is 20.8 Å². The van der Waals surface area contributed by atoms with Gasteiger partial charge in [0.1, 0.15) is 0 Å². The van der Waals surface area contributed by atoms with Gasteiger partial charge in [-0.2, -0.15) is 0 Å². The Hall–Kier alpha value is 1.24. The monoisotopic (exact) mass is 256 g/mol. The van der Waals surface area contributed by atoms with Gasteiger partial charge < -0.3 is 10.4 Å². The maximum absolute atomic E-state index is 11.1. The zero-order valence-corrected chi connectivity index (χ0v) is 14.6. The first kappa shape index (κ1) is 16.7. The smallest absolute Gasteiger partial charge is 0.565 e. The Morgan fingerprint density at radius 3 is 1.92 bits per heavy atom. The third kappa shape index (κ3) is 5.62. The number of hydrogen-bond acceptors (Lipinski definition) is 1. The van der Waals surface area contributed by atoms with Gasteiger partial charge >= 0.3 is 58.2 Å². The van der Waals surface area contributed by atoms with Crippen molar-refractivity contribution in [1.82, 2.24) is 5.01 Å². The molecule has 1 fully saturated rings. The van der Waals surface area contributed by atoms with E-state index in [1.54, 1.807) is 5.01 Å². The number of hydrogen-bond donors (Lipinski definition) is 0. The predicted molar refractivity (Wildman–Crippen MR) is 50.8 cm³/mol. The standard InChI is InChI=1S/C7H13N2O.C2H6.Rb/c1-7(2,3)9-6(10)4-5-8-9;1-2;/h4-5H2,1-3H3;1-2H3;/q-1;;+1. The summed E-state index contributed by atoms with van der Waals surface area (Å²) >= 11 is 0. The van der Waals surface area contributed by atoms with E-state index in [1.165, 1.54) is 0 Å². The van der Waals surface area contributed by atoms with Gasteiger partial charge in [0.25, 0.3) is 0 Å². The van der Waals surface area contributed by atoms with E-state index in [4.69, 9.17) is 0 Å². The summed E-state index contributed by atoms with van der Waals surface area (Å²) in [6.45, 7) is 10.6. The van der Waals surface area contributed by atoms with Gasteiger partial charge in [0.15, 0.2) is 0 Å². The third-order valence-electron chi connectivity index (χ3n) is 1.44. The summed E-state index contributed by atoms with van der Waals surface area (Å²) in [5, 5.41) is 1.58. The fraction of sp³-hybridized carbons (Fsp3) is 0.889. The van der Waals surface area contributed by atoms with Gasteiger partial charge in [0.2, 0.25) is 5.91 Å². The molecule has 0 N–H and O–H groups in total. The fourth-order valence-corrected chi connectivity index (χ4v) is 1.02. The number of rotatable bonds is 0. The fourth-order valence-electron chi connectivity index (χ4n) is 1.02. The second kappa shape index (κ2) is 7.52. The Kier molecular flexibility index (Phi) is 9.63. The molecule has 0 aliphatic carbocycles. The van der Waals surface area contributed by atoms with Crippen LogP contribution in [0.5, 0.6) is 0 Å². The maximum Gasteiger partial charge on any atom is 1.00 e. The van der Waals surface area contributed by atoms with Gasteiger partial charge in [-0.25, -0.2) is 0 Å². The molecule has 72 valence electrons. The Balaban J connectivity index is 0. The van der Waals surface area contributed by atoms with Crippen molar-refractivity contribution in [2.75, 3.05) is 6.54 Å². The molecule has 0 radical (unpaired) electrons. The second-order valence-corrected chi connectivity index (χ2v) is 3.49. The molecule has 0 spiro atoms. The largest absolute Gasteiger partial charge is 1.00 e. The van der Waals surface area contributed by atoms with E-state index in [2.05, 4.69) is 5.43 Å². The van der Waals surface area contributed by atoms with E-state index in [0.29, 0.717) is 13.0 Å². The van der Waals surface area contributed by atoms with E-state index >= 15 is 0 Å². The Morgan fingerprint density at radius 1 is 1.31 bits per heavy atom. The number of amides is 1. The van der Waals surface area contributed by atoms with Crippen LogP contribution in [0.1, 0.15) is 41.0 Å². The van der Waals surface area contributed by atoms with E-state index in [0.717, 1.165) is 0 Å². The number of nitrogens with zero attached hydrogens (tertiary/aromatic N) is 2. The minimum atomic E-state index is -0.131. The van der Waals surface area contributed by atoms with Crippen LogP contribution < -0.4 is 58.2 Å². The summed E-state index contributed by atoms with van der Waals surface area (Å²) in [5.74, 6) is 0.146. The van der Waals surface area contributed by atoms with Crippen molar-refractivity contribution in [1.29, 1.82) is 0 Å². The molecule has 13 heavy (non-hydrogen) atoms. The van der Waals surface area contributed by atoms with Crippen molar-refractivity contribution in [3.63, 3.8) is 0 Å². The van der Waals surface area contributed by atoms with Crippen LogP contribution in [0.25, 0.3) is 5.43 Å². The molecular formula is C9H19N2ORb. The summed E-state index contributed by atoms with van der Waals surface area (Å²) in [5.41, 5.74) is 3.94. The Bertz CT molecular complexity index is 154. The first-order valence-corrected chi connectivity index (χ1v) is 4.52. The minimum absolute atomic E-state index is 0. The molecule has 1 aliphatic heterocycles. The average Bonchev–Trinajstić information content (AvgIpc) is 2.38. The summed E-state index contributed by atoms with van der Waals surface area (Å²) in [6, 6.07) is 0. The molecule has 0 bridgehead atoms. The molecule has 0 aromatic carbocycles. The number of carbonyl (C=O) groups is 1. The van der Waals surface area contributed by atoms with Gasteiger partial charge in [0.05, 0.1) is 0 Å². The van der Waals surface area contributed by atoms with Gasteiger partial charge in [-0.3, -0.25) is 4.79 Å². The van der Waals surface area contributed by atoms with E-state index in [-0.39, 0.29) is 69.6 Å². The van der Waals surface area contributed by atoms with Gasteiger partial charge in [-0.15, -0.1) is 6.54 Å². The Labute approximate surface area is 130 Å². The van der Waals surface area contributed by atoms with Crippen LogP contribution in [0.15, 0.2) is 0 Å². The van der Waals surface area contributed by atoms with E-state index in [9.17, 15) is 4.79 Å². The van der Waals surface area contributed by atoms with Crippen LogP contribution >= 0.6 is 0 Å². The molecule has 1 aliphatic rings. The van der Waals surface area contributed by atoms with Crippen LogP contribution in [-0.4, -0.2) is 23.0 Å². The molecular weight excluding hydrogens is 238 g/mol. The quantitative estimate of drug-likeness (QED) is 0.567. The topological polar surface area (TPSA) is 34.4 Å². The van der Waals surface area contributed by atoms with Crippen LogP contribution in [0, 0.1) is 0 Å². The molecule has 0 unspecified atom stereocenters. The molecule has 0 atom stereocenters. The Morgan fingerprint density at radius 2 is 1.77 bits per heavy atom. The summed E-state index contributed by atoms with van der Waals surface area (Å²) in [6.07, 6.45) is 0.581. The first-order chi connectivity index (χ1) is 5.52. The summed E-state index contributed by atoms with van der Waals surface area (Å²) in [4.78, 5) is 11.1. The molecule has 0 saturated carbocycles. The summed E-state index contributed by atoms with van der Waals surface area (Å²) in [7, 11) is 0. The van der Waals surface area contributed by atoms with Crippen molar-refractivity contribution >= 4 is 5.91 Å². The molecule has 0 aromatic heterocycles. The first-order valence-electron chi connectivity index (χ1n) is 4.52. The van der Waals surface area contributed by atoms with E-state index < -0.39 is 0 Å². The predicted octanol–water partition coefficient (Wildman–Crippen LogP) is -0.664. The normalized spacial score (nSPS) is 16.1. The molecule has 3 nitrogen and oxygen atoms in total. The molecule has 1 amide bonds. The van der Waals surface area contributed by atoms with Crippen LogP contribution in [0.2, 0.25) is 0 Å². The maximum atomic E-state index is 11.1. The van der Waals surface area contributed by atoms with Crippen molar-refractivity contribution in [2.24, 2.45) is 0 Å². The zero-order chi connectivity index (χ0) is 9.78. The van der Waals surface area contributed by atoms with Crippen molar-refractivity contribution < 1.29 is 63.0 Å². The molecule has 4 heteroatoms. The van der Waals surface area contributed by atoms with Crippen molar-refractivity contribution in [3.8, 4) is 0 Å². The molecule has 1 heterocycles. The number of carbonyl (C=O) groups excluding carboxylic acids is 1. The van der Waals surface area contributed by atoms with Crippen LogP contribution in [0.3, 0.4) is 0 Å². The molecule has 0 aromatic rings. The molecule has 1 saturated heterocycles. The zero-order valence-electron chi connectivity index (χ0n) is 9.72. The van der Waals surface area contributed by atoms with Gasteiger partial charge in [0, 0.05) is 12.0 Å². The van der Waals surface area contributed by atoms with Crippen LogP contribution in [-0.2, 0) is 4.79 Å². The second-order valence-electron chi connectivity index (χ2n) is 3.49. The SMILES string of the molecule is CC.CC(C)(C)N1[N-]CCC1=O.[Rb+]. The van der Waals surface area contributed by atoms with Crippen molar-refractivity contribution in [2.45, 2.75) is 46.6 Å². The van der Waals surface area contributed by atoms with E-state index in [1.807, 2.05) is 34.6 Å². The third-order valence-corrected chi connectivity index (χ3v) is 1.44.